The van der Waals surface area contributed by atoms with Gasteiger partial charge in [0.1, 0.15) is 0 Å². The molecule has 0 radical (unpaired) electrons. The summed E-state index contributed by atoms with van der Waals surface area (Å²) in [7, 11) is 0. The zero-order valence-corrected chi connectivity index (χ0v) is 14.1. The molecule has 1 aromatic carbocycles. The van der Waals surface area contributed by atoms with E-state index in [0.29, 0.717) is 6.54 Å². The van der Waals surface area contributed by atoms with Gasteiger partial charge < -0.3 is 11.1 Å². The van der Waals surface area contributed by atoms with E-state index in [2.05, 4.69) is 17.4 Å². The topological polar surface area (TPSA) is 55.1 Å². The third-order valence-electron chi connectivity index (χ3n) is 3.78. The van der Waals surface area contributed by atoms with Gasteiger partial charge in [0.15, 0.2) is 0 Å². The number of hydrogen-bond acceptors (Lipinski definition) is 3. The van der Waals surface area contributed by atoms with E-state index < -0.39 is 0 Å². The summed E-state index contributed by atoms with van der Waals surface area (Å²) >= 11 is 2.04. The molecule has 0 aliphatic heterocycles. The second-order valence-electron chi connectivity index (χ2n) is 5.54. The summed E-state index contributed by atoms with van der Waals surface area (Å²) in [5, 5.41) is 3.76. The highest BCUT2D eigenvalue weighted by atomic mass is 35.5. The molecule has 1 fully saturated rings. The zero-order chi connectivity index (χ0) is 14.4. The highest BCUT2D eigenvalue weighted by Crippen LogP contribution is 2.31. The van der Waals surface area contributed by atoms with Gasteiger partial charge >= 0.3 is 0 Å². The van der Waals surface area contributed by atoms with E-state index in [0.717, 1.165) is 16.7 Å². The molecule has 2 rings (SSSR count). The summed E-state index contributed by atoms with van der Waals surface area (Å²) in [5.74, 6) is 0.875. The van der Waals surface area contributed by atoms with Crippen molar-refractivity contribution >= 4 is 35.8 Å². The molecule has 1 aliphatic carbocycles. The standard InChI is InChI=1S/C16H24N2OS.ClH/c1-12(10-17)16(19)18-14-6-4-5-13(9-14)11-20-15-7-2-3-8-15;/h4-6,9,12,15H,2-3,7-8,10-11,17H2,1H3,(H,18,19);1H. The number of carbonyl (C=O) groups excluding carboxylic acids is 1. The van der Waals surface area contributed by atoms with Gasteiger partial charge in [0.2, 0.25) is 5.91 Å². The van der Waals surface area contributed by atoms with Gasteiger partial charge in [-0.2, -0.15) is 11.8 Å². The molecule has 21 heavy (non-hydrogen) atoms. The summed E-state index contributed by atoms with van der Waals surface area (Å²) in [4.78, 5) is 11.8. The van der Waals surface area contributed by atoms with Crippen molar-refractivity contribution in [2.24, 2.45) is 11.7 Å². The molecule has 1 aromatic rings. The molecule has 118 valence electrons. The number of nitrogens with one attached hydrogen (secondary N) is 1. The largest absolute Gasteiger partial charge is 0.330 e. The average Bonchev–Trinajstić information content (AvgIpc) is 2.98. The summed E-state index contributed by atoms with van der Waals surface area (Å²) in [6.07, 6.45) is 5.47. The Morgan fingerprint density at radius 1 is 1.43 bits per heavy atom. The lowest BCUT2D eigenvalue weighted by molar-refractivity contribution is -0.119. The highest BCUT2D eigenvalue weighted by Gasteiger charge is 2.15. The quantitative estimate of drug-likeness (QED) is 0.834. The molecule has 1 atom stereocenters. The van der Waals surface area contributed by atoms with E-state index >= 15 is 0 Å². The van der Waals surface area contributed by atoms with Crippen LogP contribution in [0.1, 0.15) is 38.2 Å². The molecular formula is C16H25ClN2OS. The number of nitrogens with two attached hydrogens (primary N) is 1. The fourth-order valence-electron chi connectivity index (χ4n) is 2.38. The number of halogens is 1. The van der Waals surface area contributed by atoms with Gasteiger partial charge in [0.05, 0.1) is 0 Å². The van der Waals surface area contributed by atoms with Gasteiger partial charge in [0, 0.05) is 29.2 Å². The lowest BCUT2D eigenvalue weighted by Gasteiger charge is -2.12. The van der Waals surface area contributed by atoms with Crippen LogP contribution in [0.25, 0.3) is 0 Å². The van der Waals surface area contributed by atoms with Crippen LogP contribution < -0.4 is 11.1 Å². The molecule has 0 aromatic heterocycles. The van der Waals surface area contributed by atoms with E-state index in [-0.39, 0.29) is 24.2 Å². The first kappa shape index (κ1) is 18.3. The van der Waals surface area contributed by atoms with Crippen LogP contribution in [0.4, 0.5) is 5.69 Å². The summed E-state index contributed by atoms with van der Waals surface area (Å²) < 4.78 is 0. The van der Waals surface area contributed by atoms with Crippen LogP contribution >= 0.6 is 24.2 Å². The van der Waals surface area contributed by atoms with Crippen molar-refractivity contribution < 1.29 is 4.79 Å². The van der Waals surface area contributed by atoms with Crippen molar-refractivity contribution in [2.45, 2.75) is 43.6 Å². The predicted octanol–water partition coefficient (Wildman–Crippen LogP) is 3.82. The van der Waals surface area contributed by atoms with E-state index in [1.165, 1.54) is 31.2 Å². The second kappa shape index (κ2) is 9.34. The molecule has 1 saturated carbocycles. The van der Waals surface area contributed by atoms with E-state index in [4.69, 9.17) is 5.73 Å². The predicted molar refractivity (Wildman–Crippen MR) is 94.1 cm³/mol. The second-order valence-corrected chi connectivity index (χ2v) is 6.83. The maximum Gasteiger partial charge on any atom is 0.228 e. The smallest absolute Gasteiger partial charge is 0.228 e. The van der Waals surface area contributed by atoms with E-state index in [1.807, 2.05) is 30.8 Å². The number of rotatable bonds is 6. The normalized spacial score (nSPS) is 16.3. The van der Waals surface area contributed by atoms with Gasteiger partial charge in [0.25, 0.3) is 0 Å². The molecular weight excluding hydrogens is 304 g/mol. The van der Waals surface area contributed by atoms with Gasteiger partial charge in [-0.15, -0.1) is 12.4 Å². The number of carbonyl (C=O) groups is 1. The average molecular weight is 329 g/mol. The fraction of sp³-hybridized carbons (Fsp3) is 0.562. The molecule has 1 unspecified atom stereocenters. The number of benzene rings is 1. The van der Waals surface area contributed by atoms with Crippen molar-refractivity contribution in [1.82, 2.24) is 0 Å². The molecule has 1 amide bonds. The number of hydrogen-bond donors (Lipinski definition) is 2. The Labute approximate surface area is 137 Å². The maximum absolute atomic E-state index is 11.8. The maximum atomic E-state index is 11.8. The molecule has 0 spiro atoms. The lowest BCUT2D eigenvalue weighted by atomic mass is 10.1. The Morgan fingerprint density at radius 2 is 2.14 bits per heavy atom. The van der Waals surface area contributed by atoms with Crippen molar-refractivity contribution in [2.75, 3.05) is 11.9 Å². The first-order chi connectivity index (χ1) is 9.69. The Balaban J connectivity index is 0.00000220. The third-order valence-corrected chi connectivity index (χ3v) is 5.23. The van der Waals surface area contributed by atoms with Crippen LogP contribution in [0.15, 0.2) is 24.3 Å². The number of anilines is 1. The molecule has 0 bridgehead atoms. The Kier molecular flexibility index (Phi) is 8.15. The van der Waals surface area contributed by atoms with Crippen molar-refractivity contribution in [3.63, 3.8) is 0 Å². The van der Waals surface area contributed by atoms with Gasteiger partial charge in [-0.1, -0.05) is 31.9 Å². The van der Waals surface area contributed by atoms with Crippen molar-refractivity contribution in [1.29, 1.82) is 0 Å². The fourth-order valence-corrected chi connectivity index (χ4v) is 3.65. The van der Waals surface area contributed by atoms with Crippen LogP contribution in [0.2, 0.25) is 0 Å². The van der Waals surface area contributed by atoms with Crippen molar-refractivity contribution in [3.8, 4) is 0 Å². The summed E-state index contributed by atoms with van der Waals surface area (Å²) in [5.41, 5.74) is 7.66. The van der Waals surface area contributed by atoms with Gasteiger partial charge in [-0.25, -0.2) is 0 Å². The van der Waals surface area contributed by atoms with Crippen LogP contribution in [0, 0.1) is 5.92 Å². The van der Waals surface area contributed by atoms with Crippen LogP contribution in [-0.2, 0) is 10.5 Å². The molecule has 0 saturated heterocycles. The Hall–Kier alpha value is -0.710. The first-order valence-electron chi connectivity index (χ1n) is 7.40. The molecule has 3 nitrogen and oxygen atoms in total. The Bertz CT molecular complexity index is 450. The number of thioether (sulfide) groups is 1. The first-order valence-corrected chi connectivity index (χ1v) is 8.45. The van der Waals surface area contributed by atoms with Crippen LogP contribution in [-0.4, -0.2) is 17.7 Å². The summed E-state index contributed by atoms with van der Waals surface area (Å²) in [6.45, 7) is 2.22. The van der Waals surface area contributed by atoms with Gasteiger partial charge in [-0.3, -0.25) is 4.79 Å². The minimum absolute atomic E-state index is 0. The lowest BCUT2D eigenvalue weighted by Crippen LogP contribution is -2.26. The molecule has 5 heteroatoms. The SMILES string of the molecule is CC(CN)C(=O)Nc1cccc(CSC2CCCC2)c1.Cl. The third kappa shape index (κ3) is 5.89. The Morgan fingerprint density at radius 3 is 2.81 bits per heavy atom. The minimum atomic E-state index is -0.147. The monoisotopic (exact) mass is 328 g/mol. The van der Waals surface area contributed by atoms with E-state index in [1.54, 1.807) is 0 Å². The summed E-state index contributed by atoms with van der Waals surface area (Å²) in [6, 6.07) is 8.14. The molecule has 1 aliphatic rings. The van der Waals surface area contributed by atoms with Crippen LogP contribution in [0.5, 0.6) is 0 Å². The highest BCUT2D eigenvalue weighted by molar-refractivity contribution is 7.99. The number of amides is 1. The van der Waals surface area contributed by atoms with E-state index in [9.17, 15) is 4.79 Å². The zero-order valence-electron chi connectivity index (χ0n) is 12.5. The van der Waals surface area contributed by atoms with Crippen molar-refractivity contribution in [3.05, 3.63) is 29.8 Å². The van der Waals surface area contributed by atoms with Crippen LogP contribution in [0.3, 0.4) is 0 Å². The molecule has 3 N–H and O–H groups in total. The molecule has 0 heterocycles. The van der Waals surface area contributed by atoms with Gasteiger partial charge in [-0.05, 0) is 30.5 Å². The minimum Gasteiger partial charge on any atom is -0.330 e.